The van der Waals surface area contributed by atoms with Gasteiger partial charge in [0, 0.05) is 12.2 Å². The molecule has 100 valence electrons. The predicted molar refractivity (Wildman–Crippen MR) is 82.7 cm³/mol. The van der Waals surface area contributed by atoms with Crippen LogP contribution in [0.5, 0.6) is 0 Å². The second-order valence-corrected chi connectivity index (χ2v) is 5.39. The van der Waals surface area contributed by atoms with E-state index in [0.717, 1.165) is 6.54 Å². The summed E-state index contributed by atoms with van der Waals surface area (Å²) in [5, 5.41) is 6.16. The molecule has 1 fully saturated rings. The first-order valence-electron chi connectivity index (χ1n) is 7.37. The minimum Gasteiger partial charge on any atom is -0.385 e. The summed E-state index contributed by atoms with van der Waals surface area (Å²) in [7, 11) is 0. The van der Waals surface area contributed by atoms with Crippen LogP contribution < -0.4 is 5.32 Å². The van der Waals surface area contributed by atoms with Crippen molar-refractivity contribution in [3.8, 4) is 0 Å². The van der Waals surface area contributed by atoms with E-state index in [1.54, 1.807) is 0 Å². The minimum absolute atomic E-state index is 1.06. The van der Waals surface area contributed by atoms with Gasteiger partial charge in [0.2, 0.25) is 0 Å². The minimum atomic E-state index is 1.06. The summed E-state index contributed by atoms with van der Waals surface area (Å²) in [6, 6.07) is 15.1. The summed E-state index contributed by atoms with van der Waals surface area (Å²) in [5.41, 5.74) is 1.24. The summed E-state index contributed by atoms with van der Waals surface area (Å²) in [5.74, 6) is 0. The van der Waals surface area contributed by atoms with Gasteiger partial charge in [-0.3, -0.25) is 0 Å². The lowest BCUT2D eigenvalue weighted by Gasteiger charge is -2.14. The van der Waals surface area contributed by atoms with Crippen molar-refractivity contribution >= 4 is 16.5 Å². The molecule has 0 radical (unpaired) electrons. The number of fused-ring (bicyclic) bond motifs is 1. The van der Waals surface area contributed by atoms with Crippen LogP contribution in [-0.4, -0.2) is 31.1 Å². The van der Waals surface area contributed by atoms with Crippen molar-refractivity contribution in [2.24, 2.45) is 0 Å². The Morgan fingerprint density at radius 3 is 2.58 bits per heavy atom. The molecule has 2 nitrogen and oxygen atoms in total. The fraction of sp³-hybridized carbons (Fsp3) is 0.412. The van der Waals surface area contributed by atoms with Crippen molar-refractivity contribution in [3.05, 3.63) is 42.5 Å². The molecule has 0 bridgehead atoms. The highest BCUT2D eigenvalue weighted by Gasteiger charge is 2.09. The molecule has 19 heavy (non-hydrogen) atoms. The van der Waals surface area contributed by atoms with Gasteiger partial charge in [-0.15, -0.1) is 0 Å². The van der Waals surface area contributed by atoms with Crippen LogP contribution in [0.25, 0.3) is 10.8 Å². The van der Waals surface area contributed by atoms with Crippen molar-refractivity contribution < 1.29 is 0 Å². The topological polar surface area (TPSA) is 15.3 Å². The van der Waals surface area contributed by atoms with Gasteiger partial charge in [0.25, 0.3) is 0 Å². The van der Waals surface area contributed by atoms with Gasteiger partial charge in [-0.25, -0.2) is 0 Å². The molecule has 1 aliphatic heterocycles. The van der Waals surface area contributed by atoms with E-state index in [0.29, 0.717) is 0 Å². The molecule has 2 aromatic carbocycles. The van der Waals surface area contributed by atoms with Crippen molar-refractivity contribution in [2.45, 2.75) is 19.3 Å². The van der Waals surface area contributed by atoms with E-state index in [1.807, 2.05) is 0 Å². The van der Waals surface area contributed by atoms with Gasteiger partial charge < -0.3 is 10.2 Å². The molecule has 0 aliphatic carbocycles. The molecule has 0 aromatic heterocycles. The number of hydrogen-bond acceptors (Lipinski definition) is 2. The Morgan fingerprint density at radius 1 is 0.947 bits per heavy atom. The Labute approximate surface area is 115 Å². The van der Waals surface area contributed by atoms with Crippen molar-refractivity contribution in [2.75, 3.05) is 31.5 Å². The highest BCUT2D eigenvalue weighted by molar-refractivity contribution is 5.85. The number of likely N-dealkylation sites (tertiary alicyclic amines) is 1. The van der Waals surface area contributed by atoms with Gasteiger partial charge >= 0.3 is 0 Å². The van der Waals surface area contributed by atoms with E-state index in [-0.39, 0.29) is 0 Å². The number of anilines is 1. The van der Waals surface area contributed by atoms with Gasteiger partial charge in [-0.1, -0.05) is 30.3 Å². The van der Waals surface area contributed by atoms with Crippen LogP contribution in [0.1, 0.15) is 19.3 Å². The summed E-state index contributed by atoms with van der Waals surface area (Å²) in [4.78, 5) is 2.57. The van der Waals surface area contributed by atoms with Crippen LogP contribution in [0.2, 0.25) is 0 Å². The maximum atomic E-state index is 3.53. The van der Waals surface area contributed by atoms with Crippen molar-refractivity contribution in [1.29, 1.82) is 0 Å². The van der Waals surface area contributed by atoms with Crippen LogP contribution in [0.4, 0.5) is 5.69 Å². The predicted octanol–water partition coefficient (Wildman–Crippen LogP) is 3.74. The lowest BCUT2D eigenvalue weighted by atomic mass is 10.1. The van der Waals surface area contributed by atoms with Crippen LogP contribution in [0, 0.1) is 0 Å². The van der Waals surface area contributed by atoms with Gasteiger partial charge in [0.15, 0.2) is 0 Å². The molecular weight excluding hydrogens is 232 g/mol. The van der Waals surface area contributed by atoms with Gasteiger partial charge in [-0.05, 0) is 61.8 Å². The molecular formula is C17H22N2. The largest absolute Gasteiger partial charge is 0.385 e. The normalized spacial score (nSPS) is 16.0. The molecule has 2 heteroatoms. The van der Waals surface area contributed by atoms with Crippen LogP contribution in [-0.2, 0) is 0 Å². The lowest BCUT2D eigenvalue weighted by molar-refractivity contribution is 0.337. The van der Waals surface area contributed by atoms with Crippen LogP contribution >= 0.6 is 0 Å². The van der Waals surface area contributed by atoms with Gasteiger partial charge in [0.1, 0.15) is 0 Å². The maximum absolute atomic E-state index is 3.53. The first-order chi connectivity index (χ1) is 9.42. The van der Waals surface area contributed by atoms with Crippen LogP contribution in [0.3, 0.4) is 0 Å². The number of benzene rings is 2. The Bertz CT molecular complexity index is 530. The number of hydrogen-bond donors (Lipinski definition) is 1. The molecule has 1 aliphatic rings. The van der Waals surface area contributed by atoms with Crippen molar-refractivity contribution in [3.63, 3.8) is 0 Å². The third-order valence-corrected chi connectivity index (χ3v) is 3.93. The summed E-state index contributed by atoms with van der Waals surface area (Å²) < 4.78 is 0. The Hall–Kier alpha value is -1.54. The Kier molecular flexibility index (Phi) is 3.99. The van der Waals surface area contributed by atoms with E-state index < -0.39 is 0 Å². The van der Waals surface area contributed by atoms with E-state index in [9.17, 15) is 0 Å². The van der Waals surface area contributed by atoms with Crippen molar-refractivity contribution in [1.82, 2.24) is 4.90 Å². The quantitative estimate of drug-likeness (QED) is 0.818. The maximum Gasteiger partial charge on any atom is 0.0346 e. The van der Waals surface area contributed by atoms with E-state index in [4.69, 9.17) is 0 Å². The van der Waals surface area contributed by atoms with E-state index >= 15 is 0 Å². The second-order valence-electron chi connectivity index (χ2n) is 5.39. The summed E-state index contributed by atoms with van der Waals surface area (Å²) in [6.45, 7) is 4.90. The zero-order valence-corrected chi connectivity index (χ0v) is 11.4. The van der Waals surface area contributed by atoms with Gasteiger partial charge in [0.05, 0.1) is 0 Å². The highest BCUT2D eigenvalue weighted by Crippen LogP contribution is 2.18. The third-order valence-electron chi connectivity index (χ3n) is 3.93. The SMILES string of the molecule is c1ccc2cc(NCCCN3CCCC3)ccc2c1. The standard InChI is InChI=1S/C17H22N2/c1-2-7-16-14-17(9-8-15(16)6-1)18-10-5-13-19-11-3-4-12-19/h1-2,6-9,14,18H,3-5,10-13H2. The molecule has 1 heterocycles. The molecule has 2 aromatic rings. The number of nitrogens with one attached hydrogen (secondary N) is 1. The lowest BCUT2D eigenvalue weighted by Crippen LogP contribution is -2.22. The average molecular weight is 254 g/mol. The van der Waals surface area contributed by atoms with Gasteiger partial charge in [-0.2, -0.15) is 0 Å². The molecule has 0 atom stereocenters. The first-order valence-corrected chi connectivity index (χ1v) is 7.37. The molecule has 0 unspecified atom stereocenters. The monoisotopic (exact) mass is 254 g/mol. The zero-order chi connectivity index (χ0) is 12.9. The summed E-state index contributed by atoms with van der Waals surface area (Å²) in [6.07, 6.45) is 4.00. The fourth-order valence-corrected chi connectivity index (χ4v) is 2.84. The summed E-state index contributed by atoms with van der Waals surface area (Å²) >= 11 is 0. The second kappa shape index (κ2) is 6.07. The molecule has 1 N–H and O–H groups in total. The smallest absolute Gasteiger partial charge is 0.0346 e. The number of rotatable bonds is 5. The molecule has 0 spiro atoms. The zero-order valence-electron chi connectivity index (χ0n) is 11.4. The Balaban J connectivity index is 1.50. The molecule has 0 amide bonds. The Morgan fingerprint density at radius 2 is 1.74 bits per heavy atom. The molecule has 1 saturated heterocycles. The van der Waals surface area contributed by atoms with E-state index in [1.165, 1.54) is 55.4 Å². The van der Waals surface area contributed by atoms with E-state index in [2.05, 4.69) is 52.7 Å². The van der Waals surface area contributed by atoms with Crippen LogP contribution in [0.15, 0.2) is 42.5 Å². The first kappa shape index (κ1) is 12.5. The highest BCUT2D eigenvalue weighted by atomic mass is 15.1. The number of nitrogens with zero attached hydrogens (tertiary/aromatic N) is 1. The fourth-order valence-electron chi connectivity index (χ4n) is 2.84. The average Bonchev–Trinajstić information content (AvgIpc) is 2.97. The molecule has 0 saturated carbocycles. The third kappa shape index (κ3) is 3.27. The molecule has 3 rings (SSSR count).